The van der Waals surface area contributed by atoms with E-state index in [1.807, 2.05) is 0 Å². The lowest BCUT2D eigenvalue weighted by Crippen LogP contribution is -2.39. The highest BCUT2D eigenvalue weighted by Gasteiger charge is 2.28. The van der Waals surface area contributed by atoms with Crippen LogP contribution in [0.15, 0.2) is 22.7 Å². The average molecular weight is 316 g/mol. The number of rotatable bonds is 4. The fraction of sp³-hybridized carbons (Fsp3) is 0.333. The van der Waals surface area contributed by atoms with Crippen LogP contribution in [0.5, 0.6) is 0 Å². The Labute approximate surface area is 113 Å². The first-order valence-electron chi connectivity index (χ1n) is 5.18. The molecule has 2 N–H and O–H groups in total. The van der Waals surface area contributed by atoms with E-state index >= 15 is 0 Å². The standard InChI is InChI=1S/C12H14BrNO4/c1-12(2,18-3)11(17)14-9-7(10(15)16)5-4-6-8(9)13/h4-6H,1-3H3,(H,14,17)(H,15,16). The Morgan fingerprint density at radius 3 is 2.50 bits per heavy atom. The van der Waals surface area contributed by atoms with Gasteiger partial charge in [0.15, 0.2) is 0 Å². The molecule has 0 bridgehead atoms. The minimum absolute atomic E-state index is 0.0182. The van der Waals surface area contributed by atoms with Crippen molar-refractivity contribution in [2.24, 2.45) is 0 Å². The molecule has 5 nitrogen and oxygen atoms in total. The summed E-state index contributed by atoms with van der Waals surface area (Å²) in [6.07, 6.45) is 0. The molecule has 0 radical (unpaired) electrons. The fourth-order valence-electron chi connectivity index (χ4n) is 1.19. The van der Waals surface area contributed by atoms with Gasteiger partial charge in [-0.3, -0.25) is 4.79 Å². The van der Waals surface area contributed by atoms with Gasteiger partial charge in [0, 0.05) is 11.6 Å². The largest absolute Gasteiger partial charge is 0.478 e. The van der Waals surface area contributed by atoms with E-state index in [9.17, 15) is 9.59 Å². The molecule has 0 saturated heterocycles. The molecule has 1 aromatic carbocycles. The highest BCUT2D eigenvalue weighted by molar-refractivity contribution is 9.10. The van der Waals surface area contributed by atoms with Crippen molar-refractivity contribution in [3.05, 3.63) is 28.2 Å². The number of methoxy groups -OCH3 is 1. The van der Waals surface area contributed by atoms with Crippen molar-refractivity contribution in [3.63, 3.8) is 0 Å². The summed E-state index contributed by atoms with van der Waals surface area (Å²) in [6.45, 7) is 3.19. The predicted molar refractivity (Wildman–Crippen MR) is 70.8 cm³/mol. The molecule has 0 aliphatic rings. The number of carboxylic acid groups (broad SMARTS) is 1. The summed E-state index contributed by atoms with van der Waals surface area (Å²) in [6, 6.07) is 4.66. The Morgan fingerprint density at radius 2 is 2.00 bits per heavy atom. The molecular formula is C12H14BrNO4. The van der Waals surface area contributed by atoms with E-state index in [0.29, 0.717) is 4.47 Å². The van der Waals surface area contributed by atoms with Crippen molar-refractivity contribution >= 4 is 33.5 Å². The van der Waals surface area contributed by atoms with Gasteiger partial charge in [-0.2, -0.15) is 0 Å². The molecule has 0 unspecified atom stereocenters. The second kappa shape index (κ2) is 5.49. The second-order valence-electron chi connectivity index (χ2n) is 4.14. The summed E-state index contributed by atoms with van der Waals surface area (Å²) >= 11 is 3.21. The van der Waals surface area contributed by atoms with Crippen molar-refractivity contribution in [1.82, 2.24) is 0 Å². The fourth-order valence-corrected chi connectivity index (χ4v) is 1.65. The number of halogens is 1. The van der Waals surface area contributed by atoms with Gasteiger partial charge in [-0.15, -0.1) is 0 Å². The molecule has 0 aromatic heterocycles. The summed E-state index contributed by atoms with van der Waals surface area (Å²) in [4.78, 5) is 23.0. The number of para-hydroxylation sites is 1. The number of carbonyl (C=O) groups excluding carboxylic acids is 1. The van der Waals surface area contributed by atoms with Crippen LogP contribution < -0.4 is 5.32 Å². The molecule has 0 heterocycles. The SMILES string of the molecule is COC(C)(C)C(=O)Nc1c(Br)cccc1C(=O)O. The molecule has 18 heavy (non-hydrogen) atoms. The van der Waals surface area contributed by atoms with E-state index in [1.54, 1.807) is 26.0 Å². The lowest BCUT2D eigenvalue weighted by Gasteiger charge is -2.22. The molecule has 0 fully saturated rings. The Bertz CT molecular complexity index is 485. The van der Waals surface area contributed by atoms with E-state index in [4.69, 9.17) is 9.84 Å². The third kappa shape index (κ3) is 3.08. The Morgan fingerprint density at radius 1 is 1.39 bits per heavy atom. The second-order valence-corrected chi connectivity index (χ2v) is 4.99. The molecule has 0 aliphatic heterocycles. The van der Waals surface area contributed by atoms with Crippen molar-refractivity contribution in [2.75, 3.05) is 12.4 Å². The maximum Gasteiger partial charge on any atom is 0.337 e. The van der Waals surface area contributed by atoms with Gasteiger partial charge < -0.3 is 15.2 Å². The molecule has 0 saturated carbocycles. The zero-order chi connectivity index (χ0) is 13.9. The van der Waals surface area contributed by atoms with E-state index in [0.717, 1.165) is 0 Å². The number of anilines is 1. The molecule has 98 valence electrons. The summed E-state index contributed by atoms with van der Waals surface area (Å²) in [5.41, 5.74) is -0.796. The molecule has 1 rings (SSSR count). The third-order valence-electron chi connectivity index (χ3n) is 2.54. The molecule has 1 amide bonds. The molecule has 1 aromatic rings. The molecule has 0 spiro atoms. The van der Waals surface area contributed by atoms with Crippen LogP contribution in [0.2, 0.25) is 0 Å². The number of carbonyl (C=O) groups is 2. The maximum absolute atomic E-state index is 11.9. The Hall–Kier alpha value is -1.40. The van der Waals surface area contributed by atoms with Crippen LogP contribution in [0, 0.1) is 0 Å². The van der Waals surface area contributed by atoms with Crippen molar-refractivity contribution < 1.29 is 19.4 Å². The molecular weight excluding hydrogens is 302 g/mol. The average Bonchev–Trinajstić information content (AvgIpc) is 2.31. The number of aromatic carboxylic acids is 1. The van der Waals surface area contributed by atoms with Crippen molar-refractivity contribution in [1.29, 1.82) is 0 Å². The molecule has 6 heteroatoms. The molecule has 0 aliphatic carbocycles. The van der Waals surface area contributed by atoms with Crippen LogP contribution in [0.1, 0.15) is 24.2 Å². The van der Waals surface area contributed by atoms with Crippen LogP contribution >= 0.6 is 15.9 Å². The number of benzene rings is 1. The number of nitrogens with one attached hydrogen (secondary N) is 1. The Kier molecular flexibility index (Phi) is 4.48. The quantitative estimate of drug-likeness (QED) is 0.895. The van der Waals surface area contributed by atoms with E-state index in [-0.39, 0.29) is 11.3 Å². The van der Waals surface area contributed by atoms with E-state index in [1.165, 1.54) is 13.2 Å². The number of carboxylic acids is 1. The highest BCUT2D eigenvalue weighted by atomic mass is 79.9. The summed E-state index contributed by atoms with van der Waals surface area (Å²) in [7, 11) is 1.41. The van der Waals surface area contributed by atoms with Crippen molar-refractivity contribution in [3.8, 4) is 0 Å². The first-order valence-corrected chi connectivity index (χ1v) is 5.97. The third-order valence-corrected chi connectivity index (χ3v) is 3.20. The van der Waals surface area contributed by atoms with Crippen LogP contribution in [0.4, 0.5) is 5.69 Å². The maximum atomic E-state index is 11.9. The van der Waals surface area contributed by atoms with Crippen LogP contribution in [-0.4, -0.2) is 29.7 Å². The zero-order valence-corrected chi connectivity index (χ0v) is 11.9. The Balaban J connectivity index is 3.12. The summed E-state index contributed by atoms with van der Waals surface area (Å²) in [5.74, 6) is -1.53. The summed E-state index contributed by atoms with van der Waals surface area (Å²) in [5, 5.41) is 11.6. The minimum atomic E-state index is -1.11. The van der Waals surface area contributed by atoms with Crippen molar-refractivity contribution in [2.45, 2.75) is 19.4 Å². The number of ether oxygens (including phenoxy) is 1. The van der Waals surface area contributed by atoms with Gasteiger partial charge in [0.25, 0.3) is 5.91 Å². The number of hydrogen-bond acceptors (Lipinski definition) is 3. The highest BCUT2D eigenvalue weighted by Crippen LogP contribution is 2.27. The zero-order valence-electron chi connectivity index (χ0n) is 10.3. The van der Waals surface area contributed by atoms with Crippen LogP contribution in [0.25, 0.3) is 0 Å². The van der Waals surface area contributed by atoms with Gasteiger partial charge >= 0.3 is 5.97 Å². The first-order chi connectivity index (χ1) is 8.29. The smallest absolute Gasteiger partial charge is 0.337 e. The van der Waals surface area contributed by atoms with Gasteiger partial charge in [-0.25, -0.2) is 4.79 Å². The monoisotopic (exact) mass is 315 g/mol. The minimum Gasteiger partial charge on any atom is -0.478 e. The van der Waals surface area contributed by atoms with Gasteiger partial charge in [0.1, 0.15) is 5.60 Å². The van der Waals surface area contributed by atoms with E-state index < -0.39 is 17.5 Å². The van der Waals surface area contributed by atoms with Gasteiger partial charge in [-0.1, -0.05) is 6.07 Å². The first kappa shape index (κ1) is 14.7. The van der Waals surface area contributed by atoms with Gasteiger partial charge in [0.2, 0.25) is 0 Å². The summed E-state index contributed by atoms with van der Waals surface area (Å²) < 4.78 is 5.54. The molecule has 0 atom stereocenters. The predicted octanol–water partition coefficient (Wildman–Crippen LogP) is 2.51. The normalized spacial score (nSPS) is 11.1. The number of hydrogen-bond donors (Lipinski definition) is 2. The van der Waals surface area contributed by atoms with Crippen LogP contribution in [-0.2, 0) is 9.53 Å². The van der Waals surface area contributed by atoms with E-state index in [2.05, 4.69) is 21.2 Å². The van der Waals surface area contributed by atoms with Gasteiger partial charge in [-0.05, 0) is 41.9 Å². The lowest BCUT2D eigenvalue weighted by atomic mass is 10.1. The number of amides is 1. The lowest BCUT2D eigenvalue weighted by molar-refractivity contribution is -0.133. The van der Waals surface area contributed by atoms with Gasteiger partial charge in [0.05, 0.1) is 11.3 Å². The van der Waals surface area contributed by atoms with Crippen LogP contribution in [0.3, 0.4) is 0 Å². The topological polar surface area (TPSA) is 75.6 Å².